The molecule has 1 saturated heterocycles. The zero-order chi connectivity index (χ0) is 18.8. The summed E-state index contributed by atoms with van der Waals surface area (Å²) in [6.45, 7) is 3.64. The number of carbonyl (C=O) groups is 1. The van der Waals surface area contributed by atoms with Crippen LogP contribution in [-0.2, 0) is 17.9 Å². The van der Waals surface area contributed by atoms with E-state index in [-0.39, 0.29) is 17.5 Å². The Kier molecular flexibility index (Phi) is 4.62. The number of amides is 1. The van der Waals surface area contributed by atoms with Crippen molar-refractivity contribution in [3.63, 3.8) is 0 Å². The molecule has 6 nitrogen and oxygen atoms in total. The molecule has 3 aromatic rings. The molecule has 6 heteroatoms. The van der Waals surface area contributed by atoms with Crippen LogP contribution in [0.15, 0.2) is 59.4 Å². The lowest BCUT2D eigenvalue weighted by Crippen LogP contribution is -2.25. The molecule has 0 unspecified atom stereocenters. The van der Waals surface area contributed by atoms with Gasteiger partial charge in [-0.2, -0.15) is 5.10 Å². The van der Waals surface area contributed by atoms with E-state index in [0.29, 0.717) is 31.9 Å². The number of hydrogen-bond acceptors (Lipinski definition) is 3. The minimum atomic E-state index is -0.236. The third-order valence-corrected chi connectivity index (χ3v) is 5.01. The van der Waals surface area contributed by atoms with Gasteiger partial charge in [0, 0.05) is 25.4 Å². The summed E-state index contributed by atoms with van der Waals surface area (Å²) in [4.78, 5) is 26.6. The number of hydrogen-bond donors (Lipinski definition) is 1. The molecule has 138 valence electrons. The van der Waals surface area contributed by atoms with Crippen molar-refractivity contribution in [2.75, 3.05) is 6.54 Å². The van der Waals surface area contributed by atoms with E-state index in [9.17, 15) is 9.59 Å². The number of likely N-dealkylation sites (tertiary alicyclic amines) is 1. The predicted molar refractivity (Wildman–Crippen MR) is 102 cm³/mol. The summed E-state index contributed by atoms with van der Waals surface area (Å²) >= 11 is 0. The molecule has 1 atom stereocenters. The van der Waals surface area contributed by atoms with Crippen molar-refractivity contribution in [2.45, 2.75) is 32.4 Å². The summed E-state index contributed by atoms with van der Waals surface area (Å²) in [7, 11) is 0. The minimum absolute atomic E-state index is 0.0787. The fourth-order valence-electron chi connectivity index (χ4n) is 3.69. The first-order chi connectivity index (χ1) is 13.1. The van der Waals surface area contributed by atoms with Crippen LogP contribution in [0.3, 0.4) is 0 Å². The van der Waals surface area contributed by atoms with Crippen molar-refractivity contribution < 1.29 is 4.79 Å². The molecule has 1 fully saturated rings. The Morgan fingerprint density at radius 2 is 1.81 bits per heavy atom. The summed E-state index contributed by atoms with van der Waals surface area (Å²) in [6.07, 6.45) is 0.380. The number of nitrogens with zero attached hydrogens (tertiary/aromatic N) is 3. The largest absolute Gasteiger partial charge is 0.343 e. The molecule has 0 saturated carbocycles. The highest BCUT2D eigenvalue weighted by Crippen LogP contribution is 2.27. The van der Waals surface area contributed by atoms with Gasteiger partial charge in [0.2, 0.25) is 5.91 Å². The molecule has 1 amide bonds. The van der Waals surface area contributed by atoms with Crippen molar-refractivity contribution in [3.8, 4) is 0 Å². The Balaban J connectivity index is 1.54. The molecule has 1 N–H and O–H groups in total. The van der Waals surface area contributed by atoms with Gasteiger partial charge in [-0.05, 0) is 18.1 Å². The van der Waals surface area contributed by atoms with Crippen molar-refractivity contribution in [1.29, 1.82) is 0 Å². The molecule has 2 heterocycles. The molecule has 4 rings (SSSR count). The molecule has 2 aromatic carbocycles. The monoisotopic (exact) mass is 362 g/mol. The maximum atomic E-state index is 12.5. The van der Waals surface area contributed by atoms with E-state index in [2.05, 4.69) is 16.3 Å². The molecule has 0 bridgehead atoms. The summed E-state index contributed by atoms with van der Waals surface area (Å²) in [5.41, 5.74) is 3.06. The van der Waals surface area contributed by atoms with Gasteiger partial charge in [-0.25, -0.2) is 9.89 Å². The highest BCUT2D eigenvalue weighted by molar-refractivity contribution is 5.79. The van der Waals surface area contributed by atoms with E-state index in [1.54, 1.807) is 4.57 Å². The lowest BCUT2D eigenvalue weighted by Gasteiger charge is -2.17. The standard InChI is InChI=1S/C21H22N4O2/c1-15-6-5-9-17(10-15)13-25-20(22-23-21(25)27)18-11-19(26)24(14-18)12-16-7-3-2-4-8-16/h2-10,18H,11-14H2,1H3,(H,23,27)/t18-/m1/s1. The Morgan fingerprint density at radius 3 is 2.59 bits per heavy atom. The van der Waals surface area contributed by atoms with E-state index in [1.165, 1.54) is 0 Å². The number of aromatic amines is 1. The van der Waals surface area contributed by atoms with Gasteiger partial charge >= 0.3 is 5.69 Å². The Morgan fingerprint density at radius 1 is 1.04 bits per heavy atom. The number of carbonyl (C=O) groups excluding carboxylic acids is 1. The van der Waals surface area contributed by atoms with E-state index in [4.69, 9.17) is 0 Å². The first-order valence-corrected chi connectivity index (χ1v) is 9.12. The Labute approximate surface area is 157 Å². The van der Waals surface area contributed by atoms with E-state index >= 15 is 0 Å². The first-order valence-electron chi connectivity index (χ1n) is 9.12. The molecule has 1 aliphatic heterocycles. The van der Waals surface area contributed by atoms with Crippen LogP contribution in [0.1, 0.15) is 34.9 Å². The van der Waals surface area contributed by atoms with E-state index in [1.807, 2.05) is 60.4 Å². The second-order valence-electron chi connectivity index (χ2n) is 7.12. The highest BCUT2D eigenvalue weighted by atomic mass is 16.2. The average molecular weight is 362 g/mol. The maximum absolute atomic E-state index is 12.5. The van der Waals surface area contributed by atoms with Gasteiger partial charge in [-0.3, -0.25) is 9.36 Å². The normalized spacial score (nSPS) is 16.9. The zero-order valence-electron chi connectivity index (χ0n) is 15.3. The minimum Gasteiger partial charge on any atom is -0.338 e. The molecule has 1 aliphatic rings. The fraction of sp³-hybridized carbons (Fsp3) is 0.286. The Bertz CT molecular complexity index is 1010. The Hall–Kier alpha value is -3.15. The van der Waals surface area contributed by atoms with Gasteiger partial charge in [0.05, 0.1) is 6.54 Å². The van der Waals surface area contributed by atoms with E-state index in [0.717, 1.165) is 16.7 Å². The third kappa shape index (κ3) is 3.69. The highest BCUT2D eigenvalue weighted by Gasteiger charge is 2.34. The van der Waals surface area contributed by atoms with Crippen LogP contribution >= 0.6 is 0 Å². The van der Waals surface area contributed by atoms with Crippen LogP contribution < -0.4 is 5.69 Å². The van der Waals surface area contributed by atoms with Crippen LogP contribution in [-0.4, -0.2) is 32.1 Å². The van der Waals surface area contributed by atoms with Crippen LogP contribution in [0.25, 0.3) is 0 Å². The summed E-state index contributed by atoms with van der Waals surface area (Å²) in [5, 5.41) is 6.79. The molecular formula is C21H22N4O2. The zero-order valence-corrected chi connectivity index (χ0v) is 15.3. The smallest absolute Gasteiger partial charge is 0.338 e. The van der Waals surface area contributed by atoms with Gasteiger partial charge in [0.15, 0.2) is 0 Å². The quantitative estimate of drug-likeness (QED) is 0.758. The van der Waals surface area contributed by atoms with Crippen molar-refractivity contribution in [3.05, 3.63) is 87.6 Å². The van der Waals surface area contributed by atoms with Crippen LogP contribution in [0.5, 0.6) is 0 Å². The molecular weight excluding hydrogens is 340 g/mol. The predicted octanol–water partition coefficient (Wildman–Crippen LogP) is 2.44. The average Bonchev–Trinajstić information content (AvgIpc) is 3.19. The van der Waals surface area contributed by atoms with Crippen LogP contribution in [0.4, 0.5) is 0 Å². The number of benzene rings is 2. The van der Waals surface area contributed by atoms with Gasteiger partial charge in [-0.15, -0.1) is 0 Å². The van der Waals surface area contributed by atoms with E-state index < -0.39 is 0 Å². The number of aryl methyl sites for hydroxylation is 1. The number of nitrogens with one attached hydrogen (secondary N) is 1. The van der Waals surface area contributed by atoms with Gasteiger partial charge in [0.25, 0.3) is 0 Å². The van der Waals surface area contributed by atoms with Crippen LogP contribution in [0.2, 0.25) is 0 Å². The second kappa shape index (κ2) is 7.23. The summed E-state index contributed by atoms with van der Waals surface area (Å²) in [6, 6.07) is 18.0. The molecule has 1 aromatic heterocycles. The summed E-state index contributed by atoms with van der Waals surface area (Å²) < 4.78 is 1.65. The number of aromatic nitrogens is 3. The van der Waals surface area contributed by atoms with Gasteiger partial charge < -0.3 is 4.90 Å². The lowest BCUT2D eigenvalue weighted by atomic mass is 10.1. The SMILES string of the molecule is Cc1cccc(Cn2c([C@@H]3CC(=O)N(Cc4ccccc4)C3)n[nH]c2=O)c1. The van der Waals surface area contributed by atoms with Gasteiger partial charge in [-0.1, -0.05) is 60.2 Å². The van der Waals surface area contributed by atoms with Gasteiger partial charge in [0.1, 0.15) is 5.82 Å². The lowest BCUT2D eigenvalue weighted by molar-refractivity contribution is -0.128. The number of H-pyrrole nitrogens is 1. The molecule has 27 heavy (non-hydrogen) atoms. The van der Waals surface area contributed by atoms with Crippen molar-refractivity contribution in [1.82, 2.24) is 19.7 Å². The topological polar surface area (TPSA) is 71.0 Å². The fourth-order valence-corrected chi connectivity index (χ4v) is 3.69. The van der Waals surface area contributed by atoms with Crippen LogP contribution in [0, 0.1) is 6.92 Å². The summed E-state index contributed by atoms with van der Waals surface area (Å²) in [5.74, 6) is 0.678. The molecule has 0 radical (unpaired) electrons. The molecule has 0 spiro atoms. The molecule has 0 aliphatic carbocycles. The number of rotatable bonds is 5. The second-order valence-corrected chi connectivity index (χ2v) is 7.12. The first kappa shape index (κ1) is 17.3. The third-order valence-electron chi connectivity index (χ3n) is 5.01. The maximum Gasteiger partial charge on any atom is 0.343 e. The van der Waals surface area contributed by atoms with Crippen molar-refractivity contribution in [2.24, 2.45) is 0 Å². The van der Waals surface area contributed by atoms with Crippen molar-refractivity contribution >= 4 is 5.91 Å².